The molecule has 2 heterocycles. The van der Waals surface area contributed by atoms with Crippen molar-refractivity contribution in [3.05, 3.63) is 93.5 Å². The third-order valence-corrected chi connectivity index (χ3v) is 5.47. The summed E-state index contributed by atoms with van der Waals surface area (Å²) in [5.41, 5.74) is 0.404. The van der Waals surface area contributed by atoms with Crippen LogP contribution in [0.25, 0.3) is 21.9 Å². The minimum Gasteiger partial charge on any atom is -0.490 e. The maximum Gasteiger partial charge on any atom is 0.379 e. The van der Waals surface area contributed by atoms with Crippen LogP contribution in [0.3, 0.4) is 0 Å². The maximum absolute atomic E-state index is 13.1. The lowest BCUT2D eigenvalue weighted by molar-refractivity contribution is 0.0704. The zero-order chi connectivity index (χ0) is 24.5. The molecule has 5 aromatic rings. The number of fused-ring (bicyclic) bond motifs is 2. The van der Waals surface area contributed by atoms with Gasteiger partial charge in [0.25, 0.3) is 0 Å². The van der Waals surface area contributed by atoms with Crippen molar-refractivity contribution in [2.75, 3.05) is 6.61 Å². The Kier molecular flexibility index (Phi) is 5.93. The van der Waals surface area contributed by atoms with Gasteiger partial charge in [-0.3, -0.25) is 4.79 Å². The number of halogens is 1. The second-order valence-corrected chi connectivity index (χ2v) is 8.08. The summed E-state index contributed by atoms with van der Waals surface area (Å²) >= 11 is 5.99. The van der Waals surface area contributed by atoms with Crippen LogP contribution >= 0.6 is 11.6 Å². The van der Waals surface area contributed by atoms with Crippen molar-refractivity contribution in [1.29, 1.82) is 0 Å². The molecule has 35 heavy (non-hydrogen) atoms. The van der Waals surface area contributed by atoms with Crippen molar-refractivity contribution in [2.45, 2.75) is 13.8 Å². The van der Waals surface area contributed by atoms with Crippen molar-refractivity contribution in [3.63, 3.8) is 0 Å². The van der Waals surface area contributed by atoms with Gasteiger partial charge in [-0.1, -0.05) is 23.7 Å². The monoisotopic (exact) mass is 490 g/mol. The number of rotatable bonds is 6. The van der Waals surface area contributed by atoms with Crippen LogP contribution in [-0.2, 0) is 0 Å². The summed E-state index contributed by atoms with van der Waals surface area (Å²) in [6.45, 7) is 3.94. The van der Waals surface area contributed by atoms with Gasteiger partial charge in [-0.15, -0.1) is 0 Å². The van der Waals surface area contributed by atoms with E-state index in [1.54, 1.807) is 49.4 Å². The van der Waals surface area contributed by atoms with Gasteiger partial charge in [0.2, 0.25) is 16.9 Å². The largest absolute Gasteiger partial charge is 0.490 e. The summed E-state index contributed by atoms with van der Waals surface area (Å²) in [6, 6.07) is 18.2. The second kappa shape index (κ2) is 9.19. The van der Waals surface area contributed by atoms with E-state index < -0.39 is 5.97 Å². The van der Waals surface area contributed by atoms with E-state index in [0.29, 0.717) is 34.1 Å². The number of furan rings is 1. The highest BCUT2D eigenvalue weighted by molar-refractivity contribution is 6.31. The fourth-order valence-corrected chi connectivity index (χ4v) is 3.82. The van der Waals surface area contributed by atoms with Gasteiger partial charge in [0, 0.05) is 16.5 Å². The number of benzene rings is 3. The molecule has 0 aliphatic heterocycles. The molecule has 0 spiro atoms. The van der Waals surface area contributed by atoms with Crippen molar-refractivity contribution in [2.24, 2.45) is 0 Å². The molecule has 2 aromatic heterocycles. The van der Waals surface area contributed by atoms with Crippen molar-refractivity contribution in [3.8, 4) is 23.0 Å². The van der Waals surface area contributed by atoms with Gasteiger partial charge in [-0.25, -0.2) is 4.79 Å². The van der Waals surface area contributed by atoms with E-state index in [1.165, 1.54) is 18.2 Å². The van der Waals surface area contributed by atoms with E-state index in [2.05, 4.69) is 0 Å². The highest BCUT2D eigenvalue weighted by atomic mass is 35.5. The molecule has 0 atom stereocenters. The van der Waals surface area contributed by atoms with Crippen LogP contribution in [0.5, 0.6) is 23.0 Å². The summed E-state index contributed by atoms with van der Waals surface area (Å²) in [4.78, 5) is 25.8. The quantitative estimate of drug-likeness (QED) is 0.189. The molecule has 0 aliphatic carbocycles. The predicted octanol–water partition coefficient (Wildman–Crippen LogP) is 6.91. The minimum atomic E-state index is -0.691. The minimum absolute atomic E-state index is 0.0247. The number of esters is 1. The van der Waals surface area contributed by atoms with E-state index in [0.717, 1.165) is 0 Å². The average molecular weight is 491 g/mol. The SMILES string of the molecule is CCOc1ccccc1Oc1c(C)oc2cc(OC(=O)c3cc4cc(Cl)ccc4o3)ccc2c1=O. The Balaban J connectivity index is 1.43. The Morgan fingerprint density at radius 2 is 1.74 bits per heavy atom. The zero-order valence-electron chi connectivity index (χ0n) is 18.8. The number of hydrogen-bond donors (Lipinski definition) is 0. The molecule has 0 radical (unpaired) electrons. The summed E-state index contributed by atoms with van der Waals surface area (Å²) in [5, 5.41) is 1.49. The van der Waals surface area contributed by atoms with Crippen molar-refractivity contribution >= 4 is 39.5 Å². The molecule has 176 valence electrons. The van der Waals surface area contributed by atoms with Crippen molar-refractivity contribution in [1.82, 2.24) is 0 Å². The summed E-state index contributed by atoms with van der Waals surface area (Å²) < 4.78 is 28.3. The van der Waals surface area contributed by atoms with Crippen LogP contribution in [0.1, 0.15) is 23.2 Å². The summed E-state index contributed by atoms with van der Waals surface area (Å²) in [6.07, 6.45) is 0. The third kappa shape index (κ3) is 4.46. The van der Waals surface area contributed by atoms with E-state index in [-0.39, 0.29) is 39.4 Å². The number of para-hydroxylation sites is 2. The van der Waals surface area contributed by atoms with Gasteiger partial charge in [0.15, 0.2) is 11.5 Å². The van der Waals surface area contributed by atoms with Gasteiger partial charge in [-0.2, -0.15) is 0 Å². The fraction of sp³-hybridized carbons (Fsp3) is 0.111. The molecule has 0 bridgehead atoms. The molecule has 0 N–H and O–H groups in total. The lowest BCUT2D eigenvalue weighted by Crippen LogP contribution is -2.09. The molecule has 0 unspecified atom stereocenters. The molecule has 8 heteroatoms. The molecular weight excluding hydrogens is 472 g/mol. The number of hydrogen-bond acceptors (Lipinski definition) is 7. The van der Waals surface area contributed by atoms with E-state index in [1.807, 2.05) is 13.0 Å². The molecular formula is C27H19ClO7. The topological polar surface area (TPSA) is 88.1 Å². The number of aryl methyl sites for hydroxylation is 1. The van der Waals surface area contributed by atoms with E-state index in [4.69, 9.17) is 34.6 Å². The number of ether oxygens (including phenoxy) is 3. The predicted molar refractivity (Wildman–Crippen MR) is 131 cm³/mol. The van der Waals surface area contributed by atoms with Crippen LogP contribution in [0.4, 0.5) is 0 Å². The van der Waals surface area contributed by atoms with Gasteiger partial charge < -0.3 is 23.0 Å². The number of carbonyl (C=O) groups excluding carboxylic acids is 1. The normalized spacial score (nSPS) is 11.1. The highest BCUT2D eigenvalue weighted by Gasteiger charge is 2.19. The Hall–Kier alpha value is -4.23. The van der Waals surface area contributed by atoms with Crippen LogP contribution in [0.2, 0.25) is 5.02 Å². The smallest absolute Gasteiger partial charge is 0.379 e. The lowest BCUT2D eigenvalue weighted by atomic mass is 10.2. The second-order valence-electron chi connectivity index (χ2n) is 7.64. The first-order valence-corrected chi connectivity index (χ1v) is 11.2. The molecule has 0 saturated carbocycles. The van der Waals surface area contributed by atoms with Gasteiger partial charge >= 0.3 is 5.97 Å². The summed E-state index contributed by atoms with van der Waals surface area (Å²) in [5.74, 6) is 0.770. The molecule has 5 rings (SSSR count). The van der Waals surface area contributed by atoms with Crippen LogP contribution in [0, 0.1) is 6.92 Å². The first kappa shape index (κ1) is 22.6. The molecule has 0 amide bonds. The Morgan fingerprint density at radius 3 is 2.54 bits per heavy atom. The van der Waals surface area contributed by atoms with Gasteiger partial charge in [0.05, 0.1) is 12.0 Å². The first-order chi connectivity index (χ1) is 16.9. The lowest BCUT2D eigenvalue weighted by Gasteiger charge is -2.12. The van der Waals surface area contributed by atoms with Crippen LogP contribution in [0.15, 0.2) is 80.4 Å². The summed E-state index contributed by atoms with van der Waals surface area (Å²) in [7, 11) is 0. The van der Waals surface area contributed by atoms with E-state index in [9.17, 15) is 9.59 Å². The number of carbonyl (C=O) groups is 1. The fourth-order valence-electron chi connectivity index (χ4n) is 3.64. The van der Waals surface area contributed by atoms with Gasteiger partial charge in [-0.05, 0) is 62.4 Å². The molecule has 3 aromatic carbocycles. The molecule has 0 aliphatic rings. The standard InChI is InChI=1S/C27H19ClO7/c1-3-31-21-6-4-5-7-22(21)35-26-15(2)32-23-14-18(9-10-19(23)25(26)29)33-27(30)24-13-16-12-17(28)8-11-20(16)34-24/h4-14H,3H2,1-2H3. The first-order valence-electron chi connectivity index (χ1n) is 10.8. The molecule has 0 saturated heterocycles. The molecule has 0 fully saturated rings. The highest BCUT2D eigenvalue weighted by Crippen LogP contribution is 2.33. The van der Waals surface area contributed by atoms with Crippen molar-refractivity contribution < 1.29 is 27.8 Å². The Labute approximate surface area is 204 Å². The average Bonchev–Trinajstić information content (AvgIpc) is 3.26. The van der Waals surface area contributed by atoms with Crippen LogP contribution < -0.4 is 19.6 Å². The zero-order valence-corrected chi connectivity index (χ0v) is 19.5. The maximum atomic E-state index is 13.1. The van der Waals surface area contributed by atoms with Crippen LogP contribution in [-0.4, -0.2) is 12.6 Å². The third-order valence-electron chi connectivity index (χ3n) is 5.24. The van der Waals surface area contributed by atoms with Gasteiger partial charge in [0.1, 0.15) is 22.7 Å². The Morgan fingerprint density at radius 1 is 0.943 bits per heavy atom. The van der Waals surface area contributed by atoms with E-state index >= 15 is 0 Å². The Bertz CT molecular complexity index is 1630. The molecule has 7 nitrogen and oxygen atoms in total.